The van der Waals surface area contributed by atoms with Gasteiger partial charge in [0.1, 0.15) is 5.82 Å². The van der Waals surface area contributed by atoms with Gasteiger partial charge in [0, 0.05) is 19.3 Å². The third-order valence-corrected chi connectivity index (χ3v) is 4.89. The number of rotatable bonds is 3. The Bertz CT molecular complexity index is 940. The number of pyridine rings is 1. The molecule has 2 aromatic carbocycles. The van der Waals surface area contributed by atoms with Crippen molar-refractivity contribution in [1.29, 1.82) is 0 Å². The fourth-order valence-corrected chi connectivity index (χ4v) is 3.33. The monoisotopic (exact) mass is 363 g/mol. The number of halogens is 1. The predicted molar refractivity (Wildman–Crippen MR) is 104 cm³/mol. The highest BCUT2D eigenvalue weighted by molar-refractivity contribution is 6.33. The van der Waals surface area contributed by atoms with E-state index in [4.69, 9.17) is 11.6 Å². The average Bonchev–Trinajstić information content (AvgIpc) is 2.69. The van der Waals surface area contributed by atoms with E-state index in [0.717, 1.165) is 18.7 Å². The molecule has 1 aliphatic heterocycles. The smallest absolute Gasteiger partial charge is 0.255 e. The summed E-state index contributed by atoms with van der Waals surface area (Å²) in [5.74, 6) is 0.662. The van der Waals surface area contributed by atoms with Crippen molar-refractivity contribution in [2.45, 2.75) is 13.0 Å². The summed E-state index contributed by atoms with van der Waals surface area (Å²) in [6.07, 6.45) is 2.50. The van der Waals surface area contributed by atoms with Gasteiger partial charge in [-0.25, -0.2) is 4.98 Å². The van der Waals surface area contributed by atoms with Crippen LogP contribution in [0.3, 0.4) is 0 Å². The molecule has 4 nitrogen and oxygen atoms in total. The van der Waals surface area contributed by atoms with E-state index < -0.39 is 0 Å². The van der Waals surface area contributed by atoms with Gasteiger partial charge in [0.25, 0.3) is 5.91 Å². The zero-order chi connectivity index (χ0) is 17.9. The molecule has 1 amide bonds. The Kier molecular flexibility index (Phi) is 4.59. The van der Waals surface area contributed by atoms with Gasteiger partial charge in [-0.15, -0.1) is 0 Å². The standard InChI is InChI=1S/C21H18ClN3O/c22-18-7-3-4-8-19(18)24-20-10-9-16(13-23-20)21(26)25-12-11-15-5-1-2-6-17(15)14-25/h1-10,13H,11-12,14H2,(H,23,24). The molecule has 0 unspecified atom stereocenters. The number of para-hydroxylation sites is 1. The van der Waals surface area contributed by atoms with Gasteiger partial charge in [-0.05, 0) is 41.8 Å². The van der Waals surface area contributed by atoms with Crippen LogP contribution >= 0.6 is 11.6 Å². The zero-order valence-electron chi connectivity index (χ0n) is 14.2. The predicted octanol–water partition coefficient (Wildman–Crippen LogP) is 4.68. The maximum atomic E-state index is 12.8. The first-order valence-corrected chi connectivity index (χ1v) is 8.92. The van der Waals surface area contributed by atoms with Crippen molar-refractivity contribution in [2.24, 2.45) is 0 Å². The molecular formula is C21H18ClN3O. The molecule has 0 radical (unpaired) electrons. The van der Waals surface area contributed by atoms with E-state index in [9.17, 15) is 4.79 Å². The summed E-state index contributed by atoms with van der Waals surface area (Å²) in [5.41, 5.74) is 3.92. The largest absolute Gasteiger partial charge is 0.339 e. The number of anilines is 2. The average molecular weight is 364 g/mol. The van der Waals surface area contributed by atoms with Crippen LogP contribution in [0.1, 0.15) is 21.5 Å². The molecule has 3 aromatic rings. The van der Waals surface area contributed by atoms with Crippen LogP contribution < -0.4 is 5.32 Å². The minimum absolute atomic E-state index is 0.0105. The van der Waals surface area contributed by atoms with Gasteiger partial charge in [-0.2, -0.15) is 0 Å². The van der Waals surface area contributed by atoms with E-state index in [1.54, 1.807) is 18.3 Å². The Morgan fingerprint density at radius 2 is 1.77 bits per heavy atom. The van der Waals surface area contributed by atoms with Crippen LogP contribution in [0.5, 0.6) is 0 Å². The molecule has 0 saturated heterocycles. The number of hydrogen-bond donors (Lipinski definition) is 1. The number of nitrogens with one attached hydrogen (secondary N) is 1. The Morgan fingerprint density at radius 1 is 1.00 bits per heavy atom. The quantitative estimate of drug-likeness (QED) is 0.735. The lowest BCUT2D eigenvalue weighted by molar-refractivity contribution is 0.0734. The SMILES string of the molecule is O=C(c1ccc(Nc2ccccc2Cl)nc1)N1CCc2ccccc2C1. The van der Waals surface area contributed by atoms with Crippen molar-refractivity contribution in [3.63, 3.8) is 0 Å². The van der Waals surface area contributed by atoms with Crippen LogP contribution in [0.4, 0.5) is 11.5 Å². The fraction of sp³-hybridized carbons (Fsp3) is 0.143. The first kappa shape index (κ1) is 16.6. The highest BCUT2D eigenvalue weighted by Gasteiger charge is 2.21. The van der Waals surface area contributed by atoms with Gasteiger partial charge in [-0.3, -0.25) is 4.79 Å². The third-order valence-electron chi connectivity index (χ3n) is 4.56. The fourth-order valence-electron chi connectivity index (χ4n) is 3.15. The van der Waals surface area contributed by atoms with Crippen molar-refractivity contribution in [3.05, 3.63) is 88.6 Å². The molecule has 0 fully saturated rings. The normalized spacial score (nSPS) is 13.2. The van der Waals surface area contributed by atoms with Crippen molar-refractivity contribution >= 4 is 29.0 Å². The van der Waals surface area contributed by atoms with Crippen LogP contribution in [0.15, 0.2) is 66.9 Å². The Hall–Kier alpha value is -2.85. The molecule has 26 heavy (non-hydrogen) atoms. The van der Waals surface area contributed by atoms with Crippen molar-refractivity contribution < 1.29 is 4.79 Å². The summed E-state index contributed by atoms with van der Waals surface area (Å²) in [6, 6.07) is 19.4. The van der Waals surface area contributed by atoms with E-state index in [1.165, 1.54) is 11.1 Å². The lowest BCUT2D eigenvalue weighted by Crippen LogP contribution is -2.35. The van der Waals surface area contributed by atoms with E-state index in [1.807, 2.05) is 41.3 Å². The van der Waals surface area contributed by atoms with Crippen LogP contribution in [-0.4, -0.2) is 22.3 Å². The summed E-state index contributed by atoms with van der Waals surface area (Å²) < 4.78 is 0. The van der Waals surface area contributed by atoms with Crippen LogP contribution in [0.2, 0.25) is 5.02 Å². The van der Waals surface area contributed by atoms with Gasteiger partial charge in [0.15, 0.2) is 0 Å². The molecule has 4 rings (SSSR count). The second-order valence-electron chi connectivity index (χ2n) is 6.28. The number of carbonyl (C=O) groups is 1. The maximum Gasteiger partial charge on any atom is 0.255 e. The summed E-state index contributed by atoms with van der Waals surface area (Å²) in [6.45, 7) is 1.38. The number of fused-ring (bicyclic) bond motifs is 1. The molecule has 1 aliphatic rings. The molecular weight excluding hydrogens is 346 g/mol. The molecule has 0 saturated carbocycles. The van der Waals surface area contributed by atoms with Gasteiger partial charge >= 0.3 is 0 Å². The van der Waals surface area contributed by atoms with Crippen LogP contribution in [-0.2, 0) is 13.0 Å². The molecule has 0 atom stereocenters. The van der Waals surface area contributed by atoms with E-state index in [2.05, 4.69) is 22.4 Å². The van der Waals surface area contributed by atoms with Crippen LogP contribution in [0.25, 0.3) is 0 Å². The number of nitrogens with zero attached hydrogens (tertiary/aromatic N) is 2. The number of aromatic nitrogens is 1. The van der Waals surface area contributed by atoms with Gasteiger partial charge < -0.3 is 10.2 Å². The van der Waals surface area contributed by atoms with Gasteiger partial charge in [-0.1, -0.05) is 48.0 Å². The molecule has 2 heterocycles. The second-order valence-corrected chi connectivity index (χ2v) is 6.69. The lowest BCUT2D eigenvalue weighted by Gasteiger charge is -2.28. The minimum Gasteiger partial charge on any atom is -0.339 e. The summed E-state index contributed by atoms with van der Waals surface area (Å²) >= 11 is 6.15. The van der Waals surface area contributed by atoms with E-state index >= 15 is 0 Å². The number of hydrogen-bond acceptors (Lipinski definition) is 3. The Morgan fingerprint density at radius 3 is 2.54 bits per heavy atom. The van der Waals surface area contributed by atoms with E-state index in [-0.39, 0.29) is 5.91 Å². The van der Waals surface area contributed by atoms with Gasteiger partial charge in [0.05, 0.1) is 16.3 Å². The molecule has 5 heteroatoms. The van der Waals surface area contributed by atoms with Crippen molar-refractivity contribution in [2.75, 3.05) is 11.9 Å². The summed E-state index contributed by atoms with van der Waals surface area (Å²) in [4.78, 5) is 19.0. The highest BCUT2D eigenvalue weighted by Crippen LogP contribution is 2.24. The number of benzene rings is 2. The van der Waals surface area contributed by atoms with Crippen molar-refractivity contribution in [3.8, 4) is 0 Å². The molecule has 0 spiro atoms. The first-order chi connectivity index (χ1) is 12.7. The molecule has 130 valence electrons. The van der Waals surface area contributed by atoms with Crippen LogP contribution in [0, 0.1) is 0 Å². The Balaban J connectivity index is 1.47. The summed E-state index contributed by atoms with van der Waals surface area (Å²) in [7, 11) is 0. The highest BCUT2D eigenvalue weighted by atomic mass is 35.5. The second kappa shape index (κ2) is 7.18. The topological polar surface area (TPSA) is 45.2 Å². The zero-order valence-corrected chi connectivity index (χ0v) is 14.9. The van der Waals surface area contributed by atoms with Crippen molar-refractivity contribution in [1.82, 2.24) is 9.88 Å². The number of amides is 1. The van der Waals surface area contributed by atoms with Gasteiger partial charge in [0.2, 0.25) is 0 Å². The third kappa shape index (κ3) is 3.41. The minimum atomic E-state index is 0.0105. The lowest BCUT2D eigenvalue weighted by atomic mass is 9.99. The first-order valence-electron chi connectivity index (χ1n) is 8.54. The molecule has 0 aliphatic carbocycles. The molecule has 1 aromatic heterocycles. The molecule has 0 bridgehead atoms. The van der Waals surface area contributed by atoms with E-state index in [0.29, 0.717) is 22.9 Å². The number of carbonyl (C=O) groups excluding carboxylic acids is 1. The maximum absolute atomic E-state index is 12.8. The summed E-state index contributed by atoms with van der Waals surface area (Å²) in [5, 5.41) is 3.79. The molecule has 1 N–H and O–H groups in total. The Labute approximate surface area is 157 Å².